The Hall–Kier alpha value is -1.69. The monoisotopic (exact) mass is 292 g/mol. The number of likely N-dealkylation sites (tertiary alicyclic amines) is 1. The lowest BCUT2D eigenvalue weighted by atomic mass is 9.78. The van der Waals surface area contributed by atoms with Crippen LogP contribution in [-0.4, -0.2) is 45.7 Å². The van der Waals surface area contributed by atoms with E-state index >= 15 is 0 Å². The molecular weight excluding hydrogens is 268 g/mol. The number of anilines is 1. The van der Waals surface area contributed by atoms with Crippen molar-refractivity contribution < 1.29 is 9.90 Å². The molecule has 116 valence electrons. The Morgan fingerprint density at radius 1 is 1.43 bits per heavy atom. The molecule has 2 N–H and O–H groups in total. The van der Waals surface area contributed by atoms with Gasteiger partial charge < -0.3 is 15.3 Å². The van der Waals surface area contributed by atoms with Crippen LogP contribution < -0.4 is 5.32 Å². The molecule has 1 saturated heterocycles. The Morgan fingerprint density at radius 3 is 2.71 bits per heavy atom. The molecule has 0 radical (unpaired) electrons. The minimum Gasteiger partial charge on any atom is -0.396 e. The summed E-state index contributed by atoms with van der Waals surface area (Å²) in [7, 11) is 0. The third kappa shape index (κ3) is 3.69. The van der Waals surface area contributed by atoms with E-state index in [2.05, 4.69) is 22.2 Å². The standard InChI is InChI=1S/C15H24N4O2/c1-3-13-16-8-12(9-17-13)18-14(21)19-7-5-6-15(4-2,10-19)11-20/h8-9,20H,3-7,10-11H2,1-2H3,(H,18,21). The number of nitrogens with one attached hydrogen (secondary N) is 1. The number of rotatable bonds is 4. The zero-order valence-electron chi connectivity index (χ0n) is 12.8. The van der Waals surface area contributed by atoms with Crippen LogP contribution in [0.15, 0.2) is 12.4 Å². The van der Waals surface area contributed by atoms with Gasteiger partial charge in [-0.25, -0.2) is 14.8 Å². The van der Waals surface area contributed by atoms with Crippen molar-refractivity contribution in [2.24, 2.45) is 5.41 Å². The molecule has 1 atom stereocenters. The molecule has 0 bridgehead atoms. The van der Waals surface area contributed by atoms with Gasteiger partial charge in [0.05, 0.1) is 24.7 Å². The van der Waals surface area contributed by atoms with E-state index in [-0.39, 0.29) is 18.1 Å². The number of nitrogens with zero attached hydrogens (tertiary/aromatic N) is 3. The number of aryl methyl sites for hydroxylation is 1. The average molecular weight is 292 g/mol. The van der Waals surface area contributed by atoms with E-state index in [4.69, 9.17) is 0 Å². The molecule has 0 saturated carbocycles. The van der Waals surface area contributed by atoms with E-state index in [0.29, 0.717) is 12.2 Å². The topological polar surface area (TPSA) is 78.4 Å². The summed E-state index contributed by atoms with van der Waals surface area (Å²) >= 11 is 0. The summed E-state index contributed by atoms with van der Waals surface area (Å²) in [5.41, 5.74) is 0.451. The maximum Gasteiger partial charge on any atom is 0.321 e. The Morgan fingerprint density at radius 2 is 2.14 bits per heavy atom. The number of aliphatic hydroxyl groups excluding tert-OH is 1. The first-order chi connectivity index (χ1) is 10.1. The fourth-order valence-electron chi connectivity index (χ4n) is 2.72. The maximum absolute atomic E-state index is 12.3. The Bertz CT molecular complexity index is 471. The molecule has 2 heterocycles. The first kappa shape index (κ1) is 15.7. The molecule has 2 amide bonds. The third-order valence-electron chi connectivity index (χ3n) is 4.31. The molecule has 1 unspecified atom stereocenters. The SMILES string of the molecule is CCc1ncc(NC(=O)N2CCCC(CC)(CO)C2)cn1. The van der Waals surface area contributed by atoms with E-state index in [0.717, 1.165) is 38.1 Å². The smallest absolute Gasteiger partial charge is 0.321 e. The van der Waals surface area contributed by atoms with E-state index in [9.17, 15) is 9.90 Å². The van der Waals surface area contributed by atoms with Crippen LogP contribution in [0.25, 0.3) is 0 Å². The summed E-state index contributed by atoms with van der Waals surface area (Å²) in [6.07, 6.45) is 6.81. The first-order valence-corrected chi connectivity index (χ1v) is 7.60. The van der Waals surface area contributed by atoms with Gasteiger partial charge in [-0.3, -0.25) is 0 Å². The van der Waals surface area contributed by atoms with Gasteiger partial charge >= 0.3 is 6.03 Å². The molecule has 1 fully saturated rings. The van der Waals surface area contributed by atoms with Gasteiger partial charge in [0.15, 0.2) is 0 Å². The molecule has 0 aliphatic carbocycles. The number of urea groups is 1. The normalized spacial score (nSPS) is 22.1. The fourth-order valence-corrected chi connectivity index (χ4v) is 2.72. The molecule has 0 aromatic carbocycles. The van der Waals surface area contributed by atoms with Crippen LogP contribution in [0.3, 0.4) is 0 Å². The van der Waals surface area contributed by atoms with E-state index in [1.54, 1.807) is 17.3 Å². The van der Waals surface area contributed by atoms with E-state index in [1.807, 2.05) is 6.92 Å². The fraction of sp³-hybridized carbons (Fsp3) is 0.667. The zero-order chi connectivity index (χ0) is 15.3. The number of hydrogen-bond acceptors (Lipinski definition) is 4. The van der Waals surface area contributed by atoms with Gasteiger partial charge in [-0.1, -0.05) is 13.8 Å². The highest BCUT2D eigenvalue weighted by atomic mass is 16.3. The molecular formula is C15H24N4O2. The predicted molar refractivity (Wildman–Crippen MR) is 81.0 cm³/mol. The van der Waals surface area contributed by atoms with Crippen LogP contribution in [0.1, 0.15) is 38.9 Å². The summed E-state index contributed by atoms with van der Waals surface area (Å²) < 4.78 is 0. The Kier molecular flexibility index (Phi) is 5.12. The number of carbonyl (C=O) groups excluding carboxylic acids is 1. The molecule has 1 aromatic rings. The molecule has 21 heavy (non-hydrogen) atoms. The number of carbonyl (C=O) groups is 1. The van der Waals surface area contributed by atoms with Crippen molar-refractivity contribution in [2.45, 2.75) is 39.5 Å². The van der Waals surface area contributed by atoms with Crippen molar-refractivity contribution in [2.75, 3.05) is 25.0 Å². The summed E-state index contributed by atoms with van der Waals surface area (Å²) in [5, 5.41) is 12.4. The second-order valence-electron chi connectivity index (χ2n) is 5.71. The van der Waals surface area contributed by atoms with Gasteiger partial charge in [-0.05, 0) is 19.3 Å². The molecule has 6 heteroatoms. The summed E-state index contributed by atoms with van der Waals surface area (Å²) in [6.45, 7) is 5.50. The lowest BCUT2D eigenvalue weighted by Crippen LogP contribution is -2.49. The van der Waals surface area contributed by atoms with Crippen molar-refractivity contribution in [1.29, 1.82) is 0 Å². The molecule has 6 nitrogen and oxygen atoms in total. The van der Waals surface area contributed by atoms with Crippen molar-refractivity contribution in [3.8, 4) is 0 Å². The highest BCUT2D eigenvalue weighted by Crippen LogP contribution is 2.32. The Balaban J connectivity index is 1.99. The third-order valence-corrected chi connectivity index (χ3v) is 4.31. The van der Waals surface area contributed by atoms with Gasteiger partial charge in [0, 0.05) is 24.9 Å². The second kappa shape index (κ2) is 6.85. The quantitative estimate of drug-likeness (QED) is 0.890. The van der Waals surface area contributed by atoms with Crippen LogP contribution in [-0.2, 0) is 6.42 Å². The molecule has 2 rings (SSSR count). The van der Waals surface area contributed by atoms with Crippen LogP contribution in [0, 0.1) is 5.41 Å². The highest BCUT2D eigenvalue weighted by Gasteiger charge is 2.35. The molecule has 1 aromatic heterocycles. The lowest BCUT2D eigenvalue weighted by Gasteiger charge is -2.41. The summed E-state index contributed by atoms with van der Waals surface area (Å²) in [6, 6.07) is -0.145. The predicted octanol–water partition coefficient (Wildman–Crippen LogP) is 2.06. The van der Waals surface area contributed by atoms with Gasteiger partial charge in [0.2, 0.25) is 0 Å². The molecule has 1 aliphatic heterocycles. The first-order valence-electron chi connectivity index (χ1n) is 7.60. The van der Waals surface area contributed by atoms with Gasteiger partial charge in [0.1, 0.15) is 5.82 Å². The summed E-state index contributed by atoms with van der Waals surface area (Å²) in [4.78, 5) is 22.4. The second-order valence-corrected chi connectivity index (χ2v) is 5.71. The van der Waals surface area contributed by atoms with Gasteiger partial charge in [-0.15, -0.1) is 0 Å². The number of amides is 2. The maximum atomic E-state index is 12.3. The largest absolute Gasteiger partial charge is 0.396 e. The zero-order valence-corrected chi connectivity index (χ0v) is 12.8. The number of aromatic nitrogens is 2. The van der Waals surface area contributed by atoms with Crippen molar-refractivity contribution >= 4 is 11.7 Å². The summed E-state index contributed by atoms with van der Waals surface area (Å²) in [5.74, 6) is 0.760. The Labute approximate surface area is 125 Å². The van der Waals surface area contributed by atoms with Crippen molar-refractivity contribution in [1.82, 2.24) is 14.9 Å². The van der Waals surface area contributed by atoms with E-state index in [1.165, 1.54) is 0 Å². The number of piperidine rings is 1. The van der Waals surface area contributed by atoms with Gasteiger partial charge in [0.25, 0.3) is 0 Å². The van der Waals surface area contributed by atoms with Crippen LogP contribution >= 0.6 is 0 Å². The van der Waals surface area contributed by atoms with Crippen LogP contribution in [0.4, 0.5) is 10.5 Å². The lowest BCUT2D eigenvalue weighted by molar-refractivity contribution is 0.0468. The van der Waals surface area contributed by atoms with Crippen molar-refractivity contribution in [3.05, 3.63) is 18.2 Å². The van der Waals surface area contributed by atoms with Crippen LogP contribution in [0.5, 0.6) is 0 Å². The van der Waals surface area contributed by atoms with Gasteiger partial charge in [-0.2, -0.15) is 0 Å². The minimum atomic E-state index is -0.155. The van der Waals surface area contributed by atoms with Crippen molar-refractivity contribution in [3.63, 3.8) is 0 Å². The number of hydrogen-bond donors (Lipinski definition) is 2. The van der Waals surface area contributed by atoms with E-state index < -0.39 is 0 Å². The van der Waals surface area contributed by atoms with Crippen LogP contribution in [0.2, 0.25) is 0 Å². The molecule has 0 spiro atoms. The average Bonchev–Trinajstić information content (AvgIpc) is 2.55. The number of aliphatic hydroxyl groups is 1. The minimum absolute atomic E-state index is 0.127. The molecule has 1 aliphatic rings. The highest BCUT2D eigenvalue weighted by molar-refractivity contribution is 5.89.